The second-order valence-electron chi connectivity index (χ2n) is 4.64. The summed E-state index contributed by atoms with van der Waals surface area (Å²) in [6, 6.07) is 0. The van der Waals surface area contributed by atoms with Crippen LogP contribution in [0.25, 0.3) is 0 Å². The fraction of sp³-hybridized carbons (Fsp3) is 1.00. The zero-order chi connectivity index (χ0) is 10.7. The fourth-order valence-corrected chi connectivity index (χ4v) is 2.61. The molecule has 1 saturated carbocycles. The van der Waals surface area contributed by atoms with Gasteiger partial charge in [0.05, 0.1) is 12.2 Å². The molecular weight excluding hydrogens is 192 g/mol. The third-order valence-corrected chi connectivity index (χ3v) is 3.52. The maximum absolute atomic E-state index is 9.88. The van der Waals surface area contributed by atoms with Crippen molar-refractivity contribution in [2.45, 2.75) is 63.9 Å². The molecule has 0 aromatic rings. The van der Waals surface area contributed by atoms with Crippen molar-refractivity contribution < 1.29 is 14.6 Å². The van der Waals surface area contributed by atoms with Crippen LogP contribution >= 0.6 is 0 Å². The first-order chi connectivity index (χ1) is 7.33. The molecule has 2 aliphatic rings. The van der Waals surface area contributed by atoms with Crippen molar-refractivity contribution in [3.05, 3.63) is 0 Å². The van der Waals surface area contributed by atoms with Crippen LogP contribution in [0.15, 0.2) is 0 Å². The molecule has 1 saturated heterocycles. The molecule has 0 bridgehead atoms. The number of rotatable bonds is 3. The molecular formula is C12H22O3. The Kier molecular flexibility index (Phi) is 4.00. The van der Waals surface area contributed by atoms with Crippen molar-refractivity contribution in [2.75, 3.05) is 6.61 Å². The topological polar surface area (TPSA) is 42.0 Å². The Balaban J connectivity index is 1.89. The van der Waals surface area contributed by atoms with E-state index in [1.54, 1.807) is 0 Å². The lowest BCUT2D eigenvalue weighted by Crippen LogP contribution is -2.29. The van der Waals surface area contributed by atoms with Crippen LogP contribution in [-0.4, -0.2) is 30.2 Å². The van der Waals surface area contributed by atoms with Crippen LogP contribution in [-0.2, 0) is 9.47 Å². The van der Waals surface area contributed by atoms with Gasteiger partial charge in [-0.1, -0.05) is 25.7 Å². The highest BCUT2D eigenvalue weighted by molar-refractivity contribution is 4.92. The van der Waals surface area contributed by atoms with Crippen LogP contribution < -0.4 is 0 Å². The zero-order valence-electron chi connectivity index (χ0n) is 9.52. The average Bonchev–Trinajstić information content (AvgIpc) is 2.95. The molecule has 4 atom stereocenters. The molecule has 1 aliphatic heterocycles. The molecule has 0 radical (unpaired) electrons. The molecule has 3 heteroatoms. The van der Waals surface area contributed by atoms with Crippen LogP contribution in [0.1, 0.15) is 45.4 Å². The fourth-order valence-electron chi connectivity index (χ4n) is 2.61. The minimum atomic E-state index is -0.622. The number of aliphatic hydroxyl groups is 1. The number of hydrogen-bond acceptors (Lipinski definition) is 3. The van der Waals surface area contributed by atoms with Gasteiger partial charge in [0, 0.05) is 12.5 Å². The van der Waals surface area contributed by atoms with Crippen molar-refractivity contribution in [1.29, 1.82) is 0 Å². The summed E-state index contributed by atoms with van der Waals surface area (Å²) < 4.78 is 10.9. The third kappa shape index (κ3) is 2.92. The highest BCUT2D eigenvalue weighted by Crippen LogP contribution is 2.39. The Morgan fingerprint density at radius 3 is 2.73 bits per heavy atom. The van der Waals surface area contributed by atoms with E-state index < -0.39 is 6.29 Å². The van der Waals surface area contributed by atoms with E-state index >= 15 is 0 Å². The summed E-state index contributed by atoms with van der Waals surface area (Å²) in [5.74, 6) is 0.202. The summed E-state index contributed by atoms with van der Waals surface area (Å²) in [5.41, 5.74) is 0. The molecule has 88 valence electrons. The van der Waals surface area contributed by atoms with E-state index in [2.05, 4.69) is 0 Å². The maximum Gasteiger partial charge on any atom is 0.159 e. The Hall–Kier alpha value is -0.120. The predicted octanol–water partition coefficient (Wildman–Crippen LogP) is 2.08. The average molecular weight is 214 g/mol. The van der Waals surface area contributed by atoms with Gasteiger partial charge in [0.25, 0.3) is 0 Å². The van der Waals surface area contributed by atoms with E-state index in [0.29, 0.717) is 12.7 Å². The summed E-state index contributed by atoms with van der Waals surface area (Å²) in [6.07, 6.45) is 7.33. The molecule has 15 heavy (non-hydrogen) atoms. The molecule has 0 spiro atoms. The van der Waals surface area contributed by atoms with Crippen LogP contribution in [0, 0.1) is 5.92 Å². The minimum Gasteiger partial charge on any atom is -0.369 e. The van der Waals surface area contributed by atoms with Gasteiger partial charge in [-0.15, -0.1) is 0 Å². The Labute approximate surface area is 91.8 Å². The van der Waals surface area contributed by atoms with E-state index in [1.165, 1.54) is 32.1 Å². The molecule has 0 aromatic heterocycles. The van der Waals surface area contributed by atoms with E-state index in [-0.39, 0.29) is 12.0 Å². The van der Waals surface area contributed by atoms with Gasteiger partial charge in [-0.25, -0.2) is 0 Å². The lowest BCUT2D eigenvalue weighted by molar-refractivity contribution is -0.137. The monoisotopic (exact) mass is 214 g/mol. The van der Waals surface area contributed by atoms with Gasteiger partial charge < -0.3 is 14.6 Å². The van der Waals surface area contributed by atoms with Gasteiger partial charge >= 0.3 is 0 Å². The number of fused-ring (bicyclic) bond motifs is 1. The Bertz CT molecular complexity index is 195. The van der Waals surface area contributed by atoms with E-state index in [9.17, 15) is 5.11 Å². The first-order valence-corrected chi connectivity index (χ1v) is 6.28. The molecule has 1 N–H and O–H groups in total. The SMILES string of the molecule is CCOC(O)C1CCCCCCC2OC21. The molecule has 0 aromatic carbocycles. The van der Waals surface area contributed by atoms with Gasteiger partial charge in [0.15, 0.2) is 6.29 Å². The molecule has 3 nitrogen and oxygen atoms in total. The van der Waals surface area contributed by atoms with Crippen molar-refractivity contribution in [2.24, 2.45) is 5.92 Å². The van der Waals surface area contributed by atoms with Gasteiger partial charge in [-0.2, -0.15) is 0 Å². The van der Waals surface area contributed by atoms with Gasteiger partial charge in [-0.3, -0.25) is 0 Å². The van der Waals surface area contributed by atoms with Crippen LogP contribution in [0.3, 0.4) is 0 Å². The summed E-state index contributed by atoms with van der Waals surface area (Å²) in [4.78, 5) is 0. The standard InChI is InChI=1S/C12H22O3/c1-2-14-12(13)9-7-5-3-4-6-8-10-11(9)15-10/h9-13H,2-8H2,1H3. The van der Waals surface area contributed by atoms with Gasteiger partial charge in [0.1, 0.15) is 0 Å². The molecule has 1 heterocycles. The number of hydrogen-bond donors (Lipinski definition) is 1. The third-order valence-electron chi connectivity index (χ3n) is 3.52. The maximum atomic E-state index is 9.88. The summed E-state index contributed by atoms with van der Waals surface area (Å²) in [6.45, 7) is 2.50. The van der Waals surface area contributed by atoms with E-state index in [1.807, 2.05) is 6.92 Å². The summed E-state index contributed by atoms with van der Waals surface area (Å²) >= 11 is 0. The van der Waals surface area contributed by atoms with E-state index in [4.69, 9.17) is 9.47 Å². The largest absolute Gasteiger partial charge is 0.369 e. The lowest BCUT2D eigenvalue weighted by atomic mass is 9.96. The van der Waals surface area contributed by atoms with Crippen LogP contribution in [0.2, 0.25) is 0 Å². The molecule has 1 aliphatic carbocycles. The quantitative estimate of drug-likeness (QED) is 0.577. The molecule has 2 rings (SSSR count). The van der Waals surface area contributed by atoms with Crippen LogP contribution in [0.4, 0.5) is 0 Å². The Morgan fingerprint density at radius 2 is 2.00 bits per heavy atom. The smallest absolute Gasteiger partial charge is 0.159 e. The van der Waals surface area contributed by atoms with Crippen molar-refractivity contribution in [3.63, 3.8) is 0 Å². The highest BCUT2D eigenvalue weighted by Gasteiger charge is 2.47. The van der Waals surface area contributed by atoms with Crippen molar-refractivity contribution in [3.8, 4) is 0 Å². The number of epoxide rings is 1. The second-order valence-corrected chi connectivity index (χ2v) is 4.64. The van der Waals surface area contributed by atoms with Gasteiger partial charge in [0.2, 0.25) is 0 Å². The minimum absolute atomic E-state index is 0.202. The molecule has 0 amide bonds. The predicted molar refractivity (Wildman–Crippen MR) is 57.5 cm³/mol. The zero-order valence-corrected chi connectivity index (χ0v) is 9.52. The lowest BCUT2D eigenvalue weighted by Gasteiger charge is -2.20. The van der Waals surface area contributed by atoms with Gasteiger partial charge in [-0.05, 0) is 19.8 Å². The summed E-state index contributed by atoms with van der Waals surface area (Å²) in [7, 11) is 0. The number of ether oxygens (including phenoxy) is 2. The van der Waals surface area contributed by atoms with Crippen molar-refractivity contribution in [1.82, 2.24) is 0 Å². The molecule has 2 fully saturated rings. The second kappa shape index (κ2) is 5.28. The van der Waals surface area contributed by atoms with Crippen LogP contribution in [0.5, 0.6) is 0 Å². The highest BCUT2D eigenvalue weighted by atomic mass is 16.6. The first kappa shape index (κ1) is 11.4. The normalized spacial score (nSPS) is 38.4. The van der Waals surface area contributed by atoms with E-state index in [0.717, 1.165) is 6.42 Å². The Morgan fingerprint density at radius 1 is 1.27 bits per heavy atom. The first-order valence-electron chi connectivity index (χ1n) is 6.28. The molecule has 4 unspecified atom stereocenters. The number of aliphatic hydroxyl groups excluding tert-OH is 1. The van der Waals surface area contributed by atoms with Crippen molar-refractivity contribution >= 4 is 0 Å². The summed E-state index contributed by atoms with van der Waals surface area (Å²) in [5, 5.41) is 9.88.